The van der Waals surface area contributed by atoms with Crippen LogP contribution in [0.25, 0.3) is 10.8 Å². The van der Waals surface area contributed by atoms with Gasteiger partial charge in [0.05, 0.1) is 7.11 Å². The monoisotopic (exact) mass is 384 g/mol. The molecule has 1 aliphatic heterocycles. The lowest BCUT2D eigenvalue weighted by Gasteiger charge is -2.35. The number of halogens is 2. The van der Waals surface area contributed by atoms with Crippen molar-refractivity contribution in [1.29, 1.82) is 0 Å². The molecule has 25 heavy (non-hydrogen) atoms. The van der Waals surface area contributed by atoms with Crippen LogP contribution < -0.4 is 10.1 Å². The number of fused-ring (bicyclic) bond motifs is 1. The molecule has 140 valence electrons. The minimum Gasteiger partial charge on any atom is -0.497 e. The van der Waals surface area contributed by atoms with Crippen molar-refractivity contribution in [3.05, 3.63) is 42.0 Å². The number of ether oxygens (including phenoxy) is 1. The number of hydrogen-bond donors (Lipinski definition) is 1. The Morgan fingerprint density at radius 3 is 2.40 bits per heavy atom. The van der Waals surface area contributed by atoms with Crippen LogP contribution >= 0.6 is 24.8 Å². The van der Waals surface area contributed by atoms with Gasteiger partial charge in [0.1, 0.15) is 5.75 Å². The highest BCUT2D eigenvalue weighted by atomic mass is 35.5. The highest BCUT2D eigenvalue weighted by molar-refractivity contribution is 5.86. The largest absolute Gasteiger partial charge is 0.497 e. The summed E-state index contributed by atoms with van der Waals surface area (Å²) in [6, 6.07) is 13.8. The van der Waals surface area contributed by atoms with Gasteiger partial charge in [-0.05, 0) is 41.0 Å². The number of unbranched alkanes of at least 4 members (excludes halogenated alkanes) is 1. The maximum Gasteiger partial charge on any atom is 0.119 e. The lowest BCUT2D eigenvalue weighted by Crippen LogP contribution is -2.45. The smallest absolute Gasteiger partial charge is 0.119 e. The van der Waals surface area contributed by atoms with Gasteiger partial charge in [0, 0.05) is 32.2 Å². The second-order valence-electron chi connectivity index (χ2n) is 6.42. The average molecular weight is 385 g/mol. The Hall–Kier alpha value is -1.000. The van der Waals surface area contributed by atoms with Crippen molar-refractivity contribution in [3.8, 4) is 5.75 Å². The van der Waals surface area contributed by atoms with Crippen molar-refractivity contribution < 1.29 is 4.74 Å². The fourth-order valence-electron chi connectivity index (χ4n) is 3.53. The molecular weight excluding hydrogens is 355 g/mol. The molecule has 0 aromatic heterocycles. The quantitative estimate of drug-likeness (QED) is 0.771. The van der Waals surface area contributed by atoms with Crippen LogP contribution in [0.3, 0.4) is 0 Å². The summed E-state index contributed by atoms with van der Waals surface area (Å²) < 4.78 is 5.33. The second kappa shape index (κ2) is 10.9. The van der Waals surface area contributed by atoms with Crippen LogP contribution in [0.2, 0.25) is 0 Å². The van der Waals surface area contributed by atoms with Crippen LogP contribution in [0.15, 0.2) is 36.4 Å². The van der Waals surface area contributed by atoms with Gasteiger partial charge in [-0.15, -0.1) is 24.8 Å². The molecule has 1 heterocycles. The minimum absolute atomic E-state index is 0. The first-order chi connectivity index (χ1) is 11.3. The molecule has 1 atom stereocenters. The third kappa shape index (κ3) is 5.49. The molecule has 0 spiro atoms. The summed E-state index contributed by atoms with van der Waals surface area (Å²) in [7, 11) is 1.72. The third-order valence-corrected chi connectivity index (χ3v) is 4.88. The SMILES string of the molecule is CCCC[C@@H](c1ccc2cc(OC)ccc2c1)N1CCNCC1.Cl.Cl. The summed E-state index contributed by atoms with van der Waals surface area (Å²) in [5.74, 6) is 0.926. The molecular formula is C20H30Cl2N2O. The summed E-state index contributed by atoms with van der Waals surface area (Å²) >= 11 is 0. The summed E-state index contributed by atoms with van der Waals surface area (Å²) in [5.41, 5.74) is 1.46. The van der Waals surface area contributed by atoms with E-state index in [0.29, 0.717) is 6.04 Å². The molecule has 1 aliphatic rings. The first-order valence-corrected chi connectivity index (χ1v) is 8.84. The van der Waals surface area contributed by atoms with Gasteiger partial charge in [0.25, 0.3) is 0 Å². The Morgan fingerprint density at radius 1 is 1.04 bits per heavy atom. The van der Waals surface area contributed by atoms with Crippen molar-refractivity contribution in [3.63, 3.8) is 0 Å². The second-order valence-corrected chi connectivity index (χ2v) is 6.42. The summed E-state index contributed by atoms with van der Waals surface area (Å²) in [5, 5.41) is 6.02. The standard InChI is InChI=1S/C20H28N2O.2ClH/c1-3-4-5-20(22-12-10-21-11-13-22)18-7-6-17-15-19(23-2)9-8-16(17)14-18;;/h6-9,14-15,20-21H,3-5,10-13H2,1-2H3;2*1H/t20-;;/m0../s1. The number of methoxy groups -OCH3 is 1. The lowest BCUT2D eigenvalue weighted by atomic mass is 9.96. The van der Waals surface area contributed by atoms with Crippen molar-refractivity contribution in [2.24, 2.45) is 0 Å². The zero-order valence-corrected chi connectivity index (χ0v) is 16.8. The van der Waals surface area contributed by atoms with E-state index in [0.717, 1.165) is 31.9 Å². The number of rotatable bonds is 6. The van der Waals surface area contributed by atoms with Crippen LogP contribution in [-0.2, 0) is 0 Å². The Balaban J connectivity index is 0.00000156. The highest BCUT2D eigenvalue weighted by Gasteiger charge is 2.21. The van der Waals surface area contributed by atoms with Gasteiger partial charge in [0.2, 0.25) is 0 Å². The van der Waals surface area contributed by atoms with E-state index in [2.05, 4.69) is 53.5 Å². The molecule has 0 radical (unpaired) electrons. The molecule has 2 aromatic rings. The van der Waals surface area contributed by atoms with Crippen LogP contribution in [0, 0.1) is 0 Å². The molecule has 0 bridgehead atoms. The number of nitrogens with zero attached hydrogens (tertiary/aromatic N) is 1. The van der Waals surface area contributed by atoms with Crippen LogP contribution in [0.4, 0.5) is 0 Å². The third-order valence-electron chi connectivity index (χ3n) is 4.88. The molecule has 2 aromatic carbocycles. The van der Waals surface area contributed by atoms with Gasteiger partial charge in [-0.1, -0.05) is 38.0 Å². The molecule has 3 rings (SSSR count). The van der Waals surface area contributed by atoms with E-state index in [1.54, 1.807) is 7.11 Å². The molecule has 0 saturated carbocycles. The molecule has 3 nitrogen and oxygen atoms in total. The molecule has 0 aliphatic carbocycles. The van der Waals surface area contributed by atoms with Gasteiger partial charge in [-0.3, -0.25) is 4.90 Å². The van der Waals surface area contributed by atoms with E-state index in [9.17, 15) is 0 Å². The van der Waals surface area contributed by atoms with Crippen molar-refractivity contribution in [2.75, 3.05) is 33.3 Å². The fourth-order valence-corrected chi connectivity index (χ4v) is 3.53. The zero-order valence-electron chi connectivity index (χ0n) is 15.2. The molecule has 0 unspecified atom stereocenters. The van der Waals surface area contributed by atoms with Gasteiger partial charge in [-0.25, -0.2) is 0 Å². The lowest BCUT2D eigenvalue weighted by molar-refractivity contribution is 0.163. The number of piperazine rings is 1. The fraction of sp³-hybridized carbons (Fsp3) is 0.500. The molecule has 1 N–H and O–H groups in total. The normalized spacial score (nSPS) is 15.9. The summed E-state index contributed by atoms with van der Waals surface area (Å²) in [4.78, 5) is 2.65. The van der Waals surface area contributed by atoms with E-state index in [-0.39, 0.29) is 24.8 Å². The number of benzene rings is 2. The van der Waals surface area contributed by atoms with E-state index in [1.807, 2.05) is 0 Å². The summed E-state index contributed by atoms with van der Waals surface area (Å²) in [6.45, 7) is 6.78. The van der Waals surface area contributed by atoms with E-state index >= 15 is 0 Å². The van der Waals surface area contributed by atoms with Gasteiger partial charge in [-0.2, -0.15) is 0 Å². The minimum atomic E-state index is 0. The predicted molar refractivity (Wildman–Crippen MR) is 112 cm³/mol. The van der Waals surface area contributed by atoms with E-state index in [4.69, 9.17) is 4.74 Å². The van der Waals surface area contributed by atoms with Crippen LogP contribution in [0.1, 0.15) is 37.8 Å². The molecule has 0 amide bonds. The van der Waals surface area contributed by atoms with Crippen molar-refractivity contribution >= 4 is 35.6 Å². The van der Waals surface area contributed by atoms with Crippen molar-refractivity contribution in [1.82, 2.24) is 10.2 Å². The zero-order chi connectivity index (χ0) is 16.1. The Kier molecular flexibility index (Phi) is 9.58. The van der Waals surface area contributed by atoms with E-state index < -0.39 is 0 Å². The summed E-state index contributed by atoms with van der Waals surface area (Å²) in [6.07, 6.45) is 3.79. The molecule has 1 saturated heterocycles. The Labute approximate surface area is 163 Å². The predicted octanol–water partition coefficient (Wildman–Crippen LogP) is 4.83. The average Bonchev–Trinajstić information content (AvgIpc) is 2.62. The topological polar surface area (TPSA) is 24.5 Å². The highest BCUT2D eigenvalue weighted by Crippen LogP contribution is 2.30. The van der Waals surface area contributed by atoms with Gasteiger partial charge < -0.3 is 10.1 Å². The first-order valence-electron chi connectivity index (χ1n) is 8.84. The maximum atomic E-state index is 5.33. The molecule has 1 fully saturated rings. The van der Waals surface area contributed by atoms with Crippen molar-refractivity contribution in [2.45, 2.75) is 32.2 Å². The maximum absolute atomic E-state index is 5.33. The first kappa shape index (κ1) is 22.0. The number of hydrogen-bond acceptors (Lipinski definition) is 3. The van der Waals surface area contributed by atoms with Gasteiger partial charge in [0.15, 0.2) is 0 Å². The Bertz CT molecular complexity index is 645. The Morgan fingerprint density at radius 2 is 1.72 bits per heavy atom. The molecule has 5 heteroatoms. The van der Waals surface area contributed by atoms with Crippen LogP contribution in [-0.4, -0.2) is 38.2 Å². The number of nitrogens with one attached hydrogen (secondary N) is 1. The van der Waals surface area contributed by atoms with Crippen LogP contribution in [0.5, 0.6) is 5.75 Å². The van der Waals surface area contributed by atoms with E-state index in [1.165, 1.54) is 35.6 Å². The van der Waals surface area contributed by atoms with Gasteiger partial charge >= 0.3 is 0 Å².